The molecule has 0 amide bonds. The molecule has 2 unspecified atom stereocenters. The van der Waals surface area contributed by atoms with Crippen molar-refractivity contribution in [2.75, 3.05) is 13.2 Å². The third kappa shape index (κ3) is 3.40. The molecule has 4 heteroatoms. The molecule has 0 aliphatic carbocycles. The molecule has 0 fully saturated rings. The number of hydrogen-bond donors (Lipinski definition) is 2. The van der Waals surface area contributed by atoms with Gasteiger partial charge in [0, 0.05) is 18.0 Å². The molecule has 4 nitrogen and oxygen atoms in total. The summed E-state index contributed by atoms with van der Waals surface area (Å²) in [7, 11) is 0. The summed E-state index contributed by atoms with van der Waals surface area (Å²) in [6.45, 7) is 5.10. The van der Waals surface area contributed by atoms with Crippen molar-refractivity contribution in [3.63, 3.8) is 0 Å². The van der Waals surface area contributed by atoms with Crippen LogP contribution in [0.4, 0.5) is 0 Å². The molecule has 24 heavy (non-hydrogen) atoms. The molecule has 1 heterocycles. The zero-order valence-corrected chi connectivity index (χ0v) is 14.4. The number of hydrogen-bond acceptors (Lipinski definition) is 4. The van der Waals surface area contributed by atoms with E-state index in [1.165, 1.54) is 5.56 Å². The van der Waals surface area contributed by atoms with Crippen LogP contribution in [0, 0.1) is 0 Å². The van der Waals surface area contributed by atoms with Crippen LogP contribution in [0.2, 0.25) is 0 Å². The molecule has 0 spiro atoms. The van der Waals surface area contributed by atoms with Crippen LogP contribution in [0.25, 0.3) is 0 Å². The molecule has 0 saturated heterocycles. The average Bonchev–Trinajstić information content (AvgIpc) is 2.58. The lowest BCUT2D eigenvalue weighted by atomic mass is 9.77. The highest BCUT2D eigenvalue weighted by atomic mass is 16.5. The van der Waals surface area contributed by atoms with Gasteiger partial charge in [0.05, 0.1) is 6.04 Å². The van der Waals surface area contributed by atoms with Crippen molar-refractivity contribution in [1.82, 2.24) is 0 Å². The maximum absolute atomic E-state index is 6.58. The predicted molar refractivity (Wildman–Crippen MR) is 96.6 cm³/mol. The van der Waals surface area contributed by atoms with Crippen molar-refractivity contribution in [2.24, 2.45) is 11.5 Å². The maximum atomic E-state index is 6.58. The Hall–Kier alpha value is -2.04. The van der Waals surface area contributed by atoms with Crippen LogP contribution in [0.1, 0.15) is 30.9 Å². The number of nitrogens with two attached hydrogens (primary N) is 2. The molecule has 2 aromatic carbocycles. The number of rotatable bonds is 5. The largest absolute Gasteiger partial charge is 0.492 e. The van der Waals surface area contributed by atoms with Gasteiger partial charge in [-0.1, -0.05) is 30.3 Å². The first-order chi connectivity index (χ1) is 11.5. The average molecular weight is 326 g/mol. The van der Waals surface area contributed by atoms with Crippen molar-refractivity contribution >= 4 is 0 Å². The zero-order chi connectivity index (χ0) is 17.2. The summed E-state index contributed by atoms with van der Waals surface area (Å²) in [6, 6.07) is 16.3. The van der Waals surface area contributed by atoms with Gasteiger partial charge in [-0.3, -0.25) is 0 Å². The second-order valence-corrected chi connectivity index (χ2v) is 6.86. The molecule has 4 N–H and O–H groups in total. The fourth-order valence-corrected chi connectivity index (χ4v) is 3.31. The molecule has 2 atom stereocenters. The lowest BCUT2D eigenvalue weighted by Crippen LogP contribution is -2.54. The first-order valence-electron chi connectivity index (χ1n) is 8.46. The van der Waals surface area contributed by atoms with Gasteiger partial charge >= 0.3 is 0 Å². The first kappa shape index (κ1) is 16.8. The minimum atomic E-state index is -0.411. The van der Waals surface area contributed by atoms with E-state index in [-0.39, 0.29) is 12.0 Å². The summed E-state index contributed by atoms with van der Waals surface area (Å²) in [6.07, 6.45) is 0.877. The zero-order valence-electron chi connectivity index (χ0n) is 14.4. The van der Waals surface area contributed by atoms with Crippen LogP contribution in [-0.4, -0.2) is 24.8 Å². The maximum Gasteiger partial charge on any atom is 0.124 e. The van der Waals surface area contributed by atoms with Gasteiger partial charge in [-0.15, -0.1) is 0 Å². The summed E-state index contributed by atoms with van der Waals surface area (Å²) >= 11 is 0. The van der Waals surface area contributed by atoms with Gasteiger partial charge in [0.1, 0.15) is 23.7 Å². The van der Waals surface area contributed by atoms with Crippen molar-refractivity contribution in [1.29, 1.82) is 0 Å². The van der Waals surface area contributed by atoms with Crippen LogP contribution in [0.3, 0.4) is 0 Å². The molecule has 0 saturated carbocycles. The number of ether oxygens (including phenoxy) is 2. The van der Waals surface area contributed by atoms with E-state index in [0.29, 0.717) is 13.2 Å². The predicted octanol–water partition coefficient (Wildman–Crippen LogP) is 2.85. The lowest BCUT2D eigenvalue weighted by Gasteiger charge is -2.43. The number of benzene rings is 2. The summed E-state index contributed by atoms with van der Waals surface area (Å²) < 4.78 is 11.8. The topological polar surface area (TPSA) is 70.5 Å². The Morgan fingerprint density at radius 2 is 1.88 bits per heavy atom. The van der Waals surface area contributed by atoms with Crippen molar-refractivity contribution in [3.05, 3.63) is 59.7 Å². The van der Waals surface area contributed by atoms with Gasteiger partial charge in [-0.2, -0.15) is 0 Å². The van der Waals surface area contributed by atoms with E-state index in [4.69, 9.17) is 20.9 Å². The van der Waals surface area contributed by atoms with Gasteiger partial charge in [-0.25, -0.2) is 0 Å². The van der Waals surface area contributed by atoms with E-state index in [0.717, 1.165) is 23.5 Å². The molecule has 3 rings (SSSR count). The normalized spacial score (nSPS) is 21.7. The highest BCUT2D eigenvalue weighted by Crippen LogP contribution is 2.43. The summed E-state index contributed by atoms with van der Waals surface area (Å²) in [5.41, 5.74) is 14.1. The Bertz CT molecular complexity index is 685. The third-order valence-corrected chi connectivity index (χ3v) is 4.67. The lowest BCUT2D eigenvalue weighted by molar-refractivity contribution is 0.0495. The van der Waals surface area contributed by atoms with E-state index in [1.54, 1.807) is 0 Å². The van der Waals surface area contributed by atoms with Crippen molar-refractivity contribution in [3.8, 4) is 11.5 Å². The molecule has 0 bridgehead atoms. The Kier molecular flexibility index (Phi) is 4.78. The van der Waals surface area contributed by atoms with Crippen LogP contribution in [-0.2, 0) is 6.42 Å². The van der Waals surface area contributed by atoms with Crippen LogP contribution >= 0.6 is 0 Å². The molecule has 0 radical (unpaired) electrons. The summed E-state index contributed by atoms with van der Waals surface area (Å²) in [5.74, 6) is 1.88. The van der Waals surface area contributed by atoms with Crippen LogP contribution in [0.15, 0.2) is 48.5 Å². The van der Waals surface area contributed by atoms with Crippen LogP contribution < -0.4 is 20.9 Å². The van der Waals surface area contributed by atoms with E-state index in [9.17, 15) is 0 Å². The SMILES string of the molecule is CC1(C)Oc2ccc(OCCN)cc2C(Cc2ccccc2)C1N. The minimum Gasteiger partial charge on any atom is -0.492 e. The summed E-state index contributed by atoms with van der Waals surface area (Å²) in [5, 5.41) is 0. The highest BCUT2D eigenvalue weighted by Gasteiger charge is 2.41. The van der Waals surface area contributed by atoms with Gasteiger partial charge in [0.25, 0.3) is 0 Å². The van der Waals surface area contributed by atoms with Gasteiger partial charge < -0.3 is 20.9 Å². The molecule has 0 aromatic heterocycles. The smallest absolute Gasteiger partial charge is 0.124 e. The summed E-state index contributed by atoms with van der Waals surface area (Å²) in [4.78, 5) is 0. The van der Waals surface area contributed by atoms with Crippen molar-refractivity contribution in [2.45, 2.75) is 37.8 Å². The fourth-order valence-electron chi connectivity index (χ4n) is 3.31. The van der Waals surface area contributed by atoms with Crippen molar-refractivity contribution < 1.29 is 9.47 Å². The molecular formula is C20H26N2O2. The van der Waals surface area contributed by atoms with E-state index >= 15 is 0 Å². The second kappa shape index (κ2) is 6.83. The molecule has 128 valence electrons. The quantitative estimate of drug-likeness (QED) is 0.886. The van der Waals surface area contributed by atoms with E-state index in [1.807, 2.05) is 24.3 Å². The molecule has 1 aliphatic rings. The van der Waals surface area contributed by atoms with E-state index < -0.39 is 5.60 Å². The fraction of sp³-hybridized carbons (Fsp3) is 0.400. The Morgan fingerprint density at radius 1 is 1.12 bits per heavy atom. The Labute approximate surface area is 143 Å². The van der Waals surface area contributed by atoms with Gasteiger partial charge in [0.15, 0.2) is 0 Å². The van der Waals surface area contributed by atoms with Crippen LogP contribution in [0.5, 0.6) is 11.5 Å². The molecule has 1 aliphatic heterocycles. The Morgan fingerprint density at radius 3 is 2.58 bits per heavy atom. The second-order valence-electron chi connectivity index (χ2n) is 6.86. The van der Waals surface area contributed by atoms with Gasteiger partial charge in [0.2, 0.25) is 0 Å². The number of fused-ring (bicyclic) bond motifs is 1. The van der Waals surface area contributed by atoms with E-state index in [2.05, 4.69) is 38.1 Å². The Balaban J connectivity index is 1.96. The first-order valence-corrected chi connectivity index (χ1v) is 8.46. The highest BCUT2D eigenvalue weighted by molar-refractivity contribution is 5.46. The minimum absolute atomic E-state index is 0.102. The molecule has 2 aromatic rings. The molecular weight excluding hydrogens is 300 g/mol. The monoisotopic (exact) mass is 326 g/mol. The third-order valence-electron chi connectivity index (χ3n) is 4.67. The van der Waals surface area contributed by atoms with Gasteiger partial charge in [-0.05, 0) is 44.0 Å². The standard InChI is InChI=1S/C20H26N2O2/c1-20(2)19(22)17(12-14-6-4-3-5-7-14)16-13-15(23-11-10-21)8-9-18(16)24-20/h3-9,13,17,19H,10-12,21-22H2,1-2H3.